The van der Waals surface area contributed by atoms with Crippen LogP contribution in [0.3, 0.4) is 0 Å². The van der Waals surface area contributed by atoms with Crippen molar-refractivity contribution in [3.05, 3.63) is 35.9 Å². The predicted octanol–water partition coefficient (Wildman–Crippen LogP) is 4.43. The Labute approximate surface area is 147 Å². The number of rotatable bonds is 2. The molecule has 0 saturated carbocycles. The molecule has 2 bridgehead atoms. The third-order valence-electron chi connectivity index (χ3n) is 4.99. The molecule has 3 atom stereocenters. The van der Waals surface area contributed by atoms with Crippen LogP contribution in [0.2, 0.25) is 0 Å². The van der Waals surface area contributed by atoms with Crippen LogP contribution in [0.25, 0.3) is 0 Å². The van der Waals surface area contributed by atoms with Gasteiger partial charge in [0.25, 0.3) is 0 Å². The van der Waals surface area contributed by atoms with E-state index >= 15 is 8.78 Å². The highest BCUT2D eigenvalue weighted by molar-refractivity contribution is 5.71. The van der Waals surface area contributed by atoms with Crippen molar-refractivity contribution < 1.29 is 18.3 Å². The summed E-state index contributed by atoms with van der Waals surface area (Å²) in [4.78, 5) is 14.9. The number of carbonyl (C=O) groups excluding carboxylic acids is 1. The molecule has 1 aromatic rings. The SMILES string of the molecule is C[C@H](c1ccccc1)N1C[C@]2(F)CC[C@](F)(C1)N2C(=O)OC(C)(C)C. The van der Waals surface area contributed by atoms with Gasteiger partial charge in [-0.25, -0.2) is 18.5 Å². The van der Waals surface area contributed by atoms with Crippen molar-refractivity contribution >= 4 is 6.09 Å². The lowest BCUT2D eigenvalue weighted by Gasteiger charge is -2.48. The van der Waals surface area contributed by atoms with Crippen LogP contribution < -0.4 is 0 Å². The number of halogens is 2. The highest BCUT2D eigenvalue weighted by Gasteiger charge is 2.64. The van der Waals surface area contributed by atoms with E-state index in [1.165, 1.54) is 0 Å². The average Bonchev–Trinajstić information content (AvgIpc) is 2.68. The molecule has 138 valence electrons. The number of hydrogen-bond acceptors (Lipinski definition) is 3. The van der Waals surface area contributed by atoms with Crippen LogP contribution >= 0.6 is 0 Å². The number of nitrogens with zero attached hydrogens (tertiary/aromatic N) is 2. The van der Waals surface area contributed by atoms with Crippen molar-refractivity contribution in [1.29, 1.82) is 0 Å². The molecule has 3 rings (SSSR count). The van der Waals surface area contributed by atoms with Gasteiger partial charge in [-0.2, -0.15) is 0 Å². The van der Waals surface area contributed by atoms with Crippen LogP contribution in [0.15, 0.2) is 30.3 Å². The minimum Gasteiger partial charge on any atom is -0.444 e. The molecule has 2 aliphatic heterocycles. The third kappa shape index (κ3) is 3.36. The smallest absolute Gasteiger partial charge is 0.415 e. The van der Waals surface area contributed by atoms with Gasteiger partial charge in [-0.1, -0.05) is 30.3 Å². The Kier molecular flexibility index (Phi) is 4.30. The molecule has 4 nitrogen and oxygen atoms in total. The maximum Gasteiger partial charge on any atom is 0.415 e. The summed E-state index contributed by atoms with van der Waals surface area (Å²) < 4.78 is 36.4. The number of ether oxygens (including phenoxy) is 1. The Morgan fingerprint density at radius 2 is 1.64 bits per heavy atom. The fraction of sp³-hybridized carbons (Fsp3) is 0.632. The van der Waals surface area contributed by atoms with Gasteiger partial charge < -0.3 is 4.74 Å². The largest absolute Gasteiger partial charge is 0.444 e. The molecule has 6 heteroatoms. The van der Waals surface area contributed by atoms with Crippen LogP contribution in [0.5, 0.6) is 0 Å². The van der Waals surface area contributed by atoms with E-state index in [0.29, 0.717) is 4.90 Å². The van der Waals surface area contributed by atoms with E-state index in [1.807, 2.05) is 37.3 Å². The molecule has 25 heavy (non-hydrogen) atoms. The molecular formula is C19H26F2N2O2. The topological polar surface area (TPSA) is 32.8 Å². The zero-order chi connectivity index (χ0) is 18.5. The number of alkyl halides is 2. The highest BCUT2D eigenvalue weighted by atomic mass is 19.2. The second kappa shape index (κ2) is 5.94. The molecule has 0 aromatic heterocycles. The van der Waals surface area contributed by atoms with E-state index in [4.69, 9.17) is 4.74 Å². The summed E-state index contributed by atoms with van der Waals surface area (Å²) in [5, 5.41) is 0. The van der Waals surface area contributed by atoms with E-state index in [-0.39, 0.29) is 32.0 Å². The van der Waals surface area contributed by atoms with Crippen molar-refractivity contribution in [2.24, 2.45) is 0 Å². The summed E-state index contributed by atoms with van der Waals surface area (Å²) in [6.07, 6.45) is -0.941. The molecule has 0 radical (unpaired) electrons. The minimum atomic E-state index is -2.04. The fourth-order valence-electron chi connectivity index (χ4n) is 3.79. The molecule has 0 unspecified atom stereocenters. The molecule has 1 amide bonds. The normalized spacial score (nSPS) is 31.0. The van der Waals surface area contributed by atoms with Crippen LogP contribution in [0, 0.1) is 0 Å². The van der Waals surface area contributed by atoms with Crippen molar-refractivity contribution in [2.75, 3.05) is 13.1 Å². The van der Waals surface area contributed by atoms with Crippen molar-refractivity contribution in [2.45, 2.75) is 63.8 Å². The molecule has 2 heterocycles. The van der Waals surface area contributed by atoms with Crippen LogP contribution in [-0.4, -0.2) is 46.2 Å². The van der Waals surface area contributed by atoms with Crippen LogP contribution in [0.4, 0.5) is 13.6 Å². The number of amides is 1. The molecular weight excluding hydrogens is 326 g/mol. The van der Waals surface area contributed by atoms with E-state index in [1.54, 1.807) is 25.7 Å². The number of hydrogen-bond donors (Lipinski definition) is 0. The number of fused-ring (bicyclic) bond motifs is 2. The lowest BCUT2D eigenvalue weighted by atomic mass is 10.0. The van der Waals surface area contributed by atoms with Gasteiger partial charge in [-0.15, -0.1) is 0 Å². The van der Waals surface area contributed by atoms with Gasteiger partial charge in [-0.3, -0.25) is 4.90 Å². The van der Waals surface area contributed by atoms with E-state index in [2.05, 4.69) is 0 Å². The zero-order valence-electron chi connectivity index (χ0n) is 15.3. The molecule has 1 aromatic carbocycles. The van der Waals surface area contributed by atoms with Crippen molar-refractivity contribution in [3.8, 4) is 0 Å². The molecule has 2 aliphatic rings. The summed E-state index contributed by atoms with van der Waals surface area (Å²) in [5.74, 6) is -4.09. The Morgan fingerprint density at radius 3 is 2.12 bits per heavy atom. The van der Waals surface area contributed by atoms with E-state index in [9.17, 15) is 4.79 Å². The second-order valence-electron chi connectivity index (χ2n) is 8.14. The highest BCUT2D eigenvalue weighted by Crippen LogP contribution is 2.49. The van der Waals surface area contributed by atoms with Gasteiger partial charge in [0.05, 0.1) is 13.1 Å². The van der Waals surface area contributed by atoms with E-state index < -0.39 is 23.3 Å². The Balaban J connectivity index is 1.84. The van der Waals surface area contributed by atoms with Gasteiger partial charge >= 0.3 is 6.09 Å². The maximum atomic E-state index is 15.5. The molecule has 0 spiro atoms. The van der Waals surface area contributed by atoms with Crippen LogP contribution in [0.1, 0.15) is 52.1 Å². The second-order valence-corrected chi connectivity index (χ2v) is 8.14. The lowest BCUT2D eigenvalue weighted by Crippen LogP contribution is -2.66. The lowest BCUT2D eigenvalue weighted by molar-refractivity contribution is -0.163. The van der Waals surface area contributed by atoms with Crippen molar-refractivity contribution in [1.82, 2.24) is 9.80 Å². The summed E-state index contributed by atoms with van der Waals surface area (Å²) in [5.41, 5.74) is 0.206. The first-order chi connectivity index (χ1) is 11.5. The number of benzene rings is 1. The first-order valence-electron chi connectivity index (χ1n) is 8.74. The first-order valence-corrected chi connectivity index (χ1v) is 8.74. The monoisotopic (exact) mass is 352 g/mol. The molecule has 2 saturated heterocycles. The van der Waals surface area contributed by atoms with Gasteiger partial charge in [0.15, 0.2) is 0 Å². The standard InChI is InChI=1S/C19H26F2N2O2/c1-14(15-8-6-5-7-9-15)22-12-18(20)10-11-19(21,13-22)23(18)16(24)25-17(2,3)4/h5-9,14H,10-13H2,1-4H3/t14-,18-,19+/m1/s1. The summed E-state index contributed by atoms with van der Waals surface area (Å²) in [6, 6.07) is 9.49. The molecule has 0 aliphatic carbocycles. The average molecular weight is 352 g/mol. The number of likely N-dealkylation sites (tertiary alicyclic amines) is 1. The van der Waals surface area contributed by atoms with Crippen molar-refractivity contribution in [3.63, 3.8) is 0 Å². The zero-order valence-corrected chi connectivity index (χ0v) is 15.3. The summed E-state index contributed by atoms with van der Waals surface area (Å²) in [7, 11) is 0. The van der Waals surface area contributed by atoms with Gasteiger partial charge in [0, 0.05) is 18.9 Å². The Hall–Kier alpha value is -1.69. The van der Waals surface area contributed by atoms with Gasteiger partial charge in [-0.05, 0) is 33.3 Å². The fourth-order valence-corrected chi connectivity index (χ4v) is 3.79. The summed E-state index contributed by atoms with van der Waals surface area (Å²) >= 11 is 0. The third-order valence-corrected chi connectivity index (χ3v) is 4.99. The maximum absolute atomic E-state index is 15.5. The first kappa shape index (κ1) is 18.1. The minimum absolute atomic E-state index is 0.0131. The van der Waals surface area contributed by atoms with E-state index in [0.717, 1.165) is 5.56 Å². The predicted molar refractivity (Wildman–Crippen MR) is 91.4 cm³/mol. The van der Waals surface area contributed by atoms with Gasteiger partial charge in [0.2, 0.25) is 11.6 Å². The quantitative estimate of drug-likeness (QED) is 0.739. The Morgan fingerprint density at radius 1 is 1.12 bits per heavy atom. The Bertz CT molecular complexity index is 629. The number of piperazine rings is 1. The van der Waals surface area contributed by atoms with Gasteiger partial charge in [0.1, 0.15) is 5.60 Å². The summed E-state index contributed by atoms with van der Waals surface area (Å²) in [6.45, 7) is 6.97. The number of carbonyl (C=O) groups is 1. The van der Waals surface area contributed by atoms with Crippen LogP contribution in [-0.2, 0) is 4.74 Å². The molecule has 0 N–H and O–H groups in total. The molecule has 2 fully saturated rings.